The van der Waals surface area contributed by atoms with E-state index in [-0.39, 0.29) is 5.91 Å². The van der Waals surface area contributed by atoms with E-state index in [4.69, 9.17) is 0 Å². The van der Waals surface area contributed by atoms with E-state index in [1.807, 2.05) is 0 Å². The summed E-state index contributed by atoms with van der Waals surface area (Å²) in [5, 5.41) is 6.74. The van der Waals surface area contributed by atoms with Crippen LogP contribution in [0, 0.1) is 0 Å². The Balaban J connectivity index is 1.43. The zero-order chi connectivity index (χ0) is 14.5. The number of carbonyl (C=O) groups is 1. The van der Waals surface area contributed by atoms with Crippen LogP contribution in [0.3, 0.4) is 0 Å². The molecule has 1 heterocycles. The number of piperidine rings is 1. The molecule has 1 aliphatic carbocycles. The van der Waals surface area contributed by atoms with Gasteiger partial charge < -0.3 is 10.6 Å². The van der Waals surface area contributed by atoms with Gasteiger partial charge in [0.15, 0.2) is 0 Å². The van der Waals surface area contributed by atoms with Crippen LogP contribution in [0.25, 0.3) is 0 Å². The molecule has 0 aromatic heterocycles. The summed E-state index contributed by atoms with van der Waals surface area (Å²) in [6.45, 7) is 1.12. The minimum atomic E-state index is 0.228. The van der Waals surface area contributed by atoms with E-state index in [0.717, 1.165) is 32.2 Å². The molecule has 114 valence electrons. The standard InChI is InChI=1S/C18H26N2O/c21-18(11-10-16-7-3-4-12-19-16)20-17-9-8-14-5-1-2-6-15(14)13-17/h1-2,5-6,16-17,19H,3-4,7-13H2,(H,20,21). The van der Waals surface area contributed by atoms with Gasteiger partial charge >= 0.3 is 0 Å². The molecular formula is C18H26N2O. The Morgan fingerprint density at radius 2 is 2.05 bits per heavy atom. The summed E-state index contributed by atoms with van der Waals surface area (Å²) in [6, 6.07) is 9.48. The average molecular weight is 286 g/mol. The second kappa shape index (κ2) is 7.08. The van der Waals surface area contributed by atoms with Gasteiger partial charge in [-0.3, -0.25) is 4.79 Å². The van der Waals surface area contributed by atoms with E-state index < -0.39 is 0 Å². The molecule has 1 fully saturated rings. The van der Waals surface area contributed by atoms with Gasteiger partial charge in [0, 0.05) is 18.5 Å². The van der Waals surface area contributed by atoms with Crippen LogP contribution in [0.2, 0.25) is 0 Å². The van der Waals surface area contributed by atoms with Crippen LogP contribution in [-0.4, -0.2) is 24.5 Å². The molecule has 1 aliphatic heterocycles. The first-order valence-corrected chi connectivity index (χ1v) is 8.41. The van der Waals surface area contributed by atoms with Crippen molar-refractivity contribution < 1.29 is 4.79 Å². The molecule has 1 aromatic rings. The number of nitrogens with one attached hydrogen (secondary N) is 2. The summed E-state index contributed by atoms with van der Waals surface area (Å²) >= 11 is 0. The molecule has 0 bridgehead atoms. The van der Waals surface area contributed by atoms with Gasteiger partial charge in [0.25, 0.3) is 0 Å². The van der Waals surface area contributed by atoms with E-state index in [1.54, 1.807) is 0 Å². The third-order valence-electron chi connectivity index (χ3n) is 4.84. The third-order valence-corrected chi connectivity index (χ3v) is 4.84. The molecule has 2 unspecified atom stereocenters. The fourth-order valence-corrected chi connectivity index (χ4v) is 3.60. The molecule has 2 atom stereocenters. The smallest absolute Gasteiger partial charge is 0.220 e. The molecular weight excluding hydrogens is 260 g/mol. The van der Waals surface area contributed by atoms with Crippen LogP contribution < -0.4 is 10.6 Å². The molecule has 0 radical (unpaired) electrons. The summed E-state index contributed by atoms with van der Waals surface area (Å²) < 4.78 is 0. The van der Waals surface area contributed by atoms with Crippen LogP contribution >= 0.6 is 0 Å². The van der Waals surface area contributed by atoms with E-state index in [1.165, 1.54) is 30.4 Å². The zero-order valence-corrected chi connectivity index (χ0v) is 12.7. The van der Waals surface area contributed by atoms with Gasteiger partial charge in [-0.1, -0.05) is 30.7 Å². The number of rotatable bonds is 4. The largest absolute Gasteiger partial charge is 0.353 e. The van der Waals surface area contributed by atoms with Gasteiger partial charge in [0.05, 0.1) is 0 Å². The Bertz CT molecular complexity index is 480. The molecule has 3 rings (SSSR count). The van der Waals surface area contributed by atoms with E-state index in [9.17, 15) is 4.79 Å². The number of aryl methyl sites for hydroxylation is 1. The van der Waals surface area contributed by atoms with E-state index >= 15 is 0 Å². The minimum Gasteiger partial charge on any atom is -0.353 e. The summed E-state index contributed by atoms with van der Waals surface area (Å²) in [6.07, 6.45) is 8.61. The van der Waals surface area contributed by atoms with Crippen molar-refractivity contribution in [1.29, 1.82) is 0 Å². The first kappa shape index (κ1) is 14.6. The van der Waals surface area contributed by atoms with Crippen LogP contribution in [0.15, 0.2) is 24.3 Å². The monoisotopic (exact) mass is 286 g/mol. The van der Waals surface area contributed by atoms with Crippen LogP contribution in [0.4, 0.5) is 0 Å². The zero-order valence-electron chi connectivity index (χ0n) is 12.7. The number of carbonyl (C=O) groups excluding carboxylic acids is 1. The van der Waals surface area contributed by atoms with Crippen molar-refractivity contribution in [3.8, 4) is 0 Å². The fourth-order valence-electron chi connectivity index (χ4n) is 3.60. The fraction of sp³-hybridized carbons (Fsp3) is 0.611. The maximum absolute atomic E-state index is 12.1. The Hall–Kier alpha value is -1.35. The molecule has 0 spiro atoms. The lowest BCUT2D eigenvalue weighted by Gasteiger charge is -2.26. The van der Waals surface area contributed by atoms with Gasteiger partial charge in [-0.2, -0.15) is 0 Å². The number of fused-ring (bicyclic) bond motifs is 1. The number of amides is 1. The molecule has 2 aliphatic rings. The Labute approximate surface area is 127 Å². The number of benzene rings is 1. The molecule has 0 saturated carbocycles. The maximum atomic E-state index is 12.1. The molecule has 1 aromatic carbocycles. The van der Waals surface area contributed by atoms with Crippen molar-refractivity contribution in [2.75, 3.05) is 6.54 Å². The Morgan fingerprint density at radius 1 is 1.19 bits per heavy atom. The minimum absolute atomic E-state index is 0.228. The van der Waals surface area contributed by atoms with Gasteiger partial charge in [0.2, 0.25) is 5.91 Å². The highest BCUT2D eigenvalue weighted by atomic mass is 16.1. The highest BCUT2D eigenvalue weighted by Crippen LogP contribution is 2.21. The van der Waals surface area contributed by atoms with Gasteiger partial charge in [-0.05, 0) is 56.2 Å². The average Bonchev–Trinajstić information content (AvgIpc) is 2.54. The highest BCUT2D eigenvalue weighted by Gasteiger charge is 2.20. The van der Waals surface area contributed by atoms with Crippen molar-refractivity contribution in [3.63, 3.8) is 0 Å². The number of hydrogen-bond donors (Lipinski definition) is 2. The lowest BCUT2D eigenvalue weighted by molar-refractivity contribution is -0.122. The molecule has 1 amide bonds. The third kappa shape index (κ3) is 4.07. The lowest BCUT2D eigenvalue weighted by atomic mass is 9.88. The second-order valence-corrected chi connectivity index (χ2v) is 6.46. The number of hydrogen-bond acceptors (Lipinski definition) is 2. The van der Waals surface area contributed by atoms with Crippen LogP contribution in [0.5, 0.6) is 0 Å². The summed E-state index contributed by atoms with van der Waals surface area (Å²) in [5.74, 6) is 0.228. The Morgan fingerprint density at radius 3 is 2.86 bits per heavy atom. The predicted molar refractivity (Wildman–Crippen MR) is 85.3 cm³/mol. The summed E-state index contributed by atoms with van der Waals surface area (Å²) in [7, 11) is 0. The van der Waals surface area contributed by atoms with Gasteiger partial charge in [0.1, 0.15) is 0 Å². The maximum Gasteiger partial charge on any atom is 0.220 e. The van der Waals surface area contributed by atoms with Crippen LogP contribution in [-0.2, 0) is 17.6 Å². The Kier molecular flexibility index (Phi) is 4.91. The lowest BCUT2D eigenvalue weighted by Crippen LogP contribution is -2.40. The van der Waals surface area contributed by atoms with Crippen molar-refractivity contribution >= 4 is 5.91 Å². The normalized spacial score (nSPS) is 25.1. The molecule has 3 heteroatoms. The predicted octanol–water partition coefficient (Wildman–Crippen LogP) is 2.58. The second-order valence-electron chi connectivity index (χ2n) is 6.46. The topological polar surface area (TPSA) is 41.1 Å². The quantitative estimate of drug-likeness (QED) is 0.893. The molecule has 2 N–H and O–H groups in total. The highest BCUT2D eigenvalue weighted by molar-refractivity contribution is 5.76. The van der Waals surface area contributed by atoms with Crippen molar-refractivity contribution in [2.45, 2.75) is 63.5 Å². The first-order valence-electron chi connectivity index (χ1n) is 8.41. The first-order chi connectivity index (χ1) is 10.3. The van der Waals surface area contributed by atoms with E-state index in [0.29, 0.717) is 18.5 Å². The van der Waals surface area contributed by atoms with Crippen molar-refractivity contribution in [2.24, 2.45) is 0 Å². The summed E-state index contributed by atoms with van der Waals surface area (Å²) in [4.78, 5) is 12.1. The molecule has 3 nitrogen and oxygen atoms in total. The van der Waals surface area contributed by atoms with Crippen LogP contribution in [0.1, 0.15) is 49.7 Å². The molecule has 1 saturated heterocycles. The SMILES string of the molecule is O=C(CCC1CCCCN1)NC1CCc2ccccc2C1. The van der Waals surface area contributed by atoms with Gasteiger partial charge in [-0.25, -0.2) is 0 Å². The summed E-state index contributed by atoms with van der Waals surface area (Å²) in [5.41, 5.74) is 2.86. The van der Waals surface area contributed by atoms with Crippen molar-refractivity contribution in [3.05, 3.63) is 35.4 Å². The van der Waals surface area contributed by atoms with Gasteiger partial charge in [-0.15, -0.1) is 0 Å². The van der Waals surface area contributed by atoms with Crippen molar-refractivity contribution in [1.82, 2.24) is 10.6 Å². The molecule has 21 heavy (non-hydrogen) atoms. The van der Waals surface area contributed by atoms with E-state index in [2.05, 4.69) is 34.9 Å².